The molecule has 126 valence electrons. The van der Waals surface area contributed by atoms with Gasteiger partial charge in [0, 0.05) is 0 Å². The first-order valence-electron chi connectivity index (χ1n) is 7.03. The lowest BCUT2D eigenvalue weighted by Crippen LogP contribution is -2.35. The summed E-state index contributed by atoms with van der Waals surface area (Å²) in [5, 5.41) is 1.90. The number of rotatable bonds is 8. The van der Waals surface area contributed by atoms with Crippen LogP contribution in [-0.4, -0.2) is 44.4 Å². The van der Waals surface area contributed by atoms with E-state index in [1.54, 1.807) is 31.2 Å². The molecular weight excluding hydrogens is 306 g/mol. The van der Waals surface area contributed by atoms with E-state index in [4.69, 9.17) is 9.47 Å². The standard InChI is InChI=1S/C15H19NO7/c1-3-20-11-5-7-12(8-6-11)22-10-14(18)23-9-13(17)16-15(19)21-4-2/h5-8H,3-4,9-10H2,1-2H3,(H,16,17,19). The number of hydrogen-bond acceptors (Lipinski definition) is 7. The van der Waals surface area contributed by atoms with Gasteiger partial charge in [0.1, 0.15) is 11.5 Å². The van der Waals surface area contributed by atoms with Crippen LogP contribution in [0.25, 0.3) is 0 Å². The van der Waals surface area contributed by atoms with Gasteiger partial charge in [0.15, 0.2) is 13.2 Å². The van der Waals surface area contributed by atoms with Gasteiger partial charge in [-0.3, -0.25) is 10.1 Å². The van der Waals surface area contributed by atoms with E-state index in [0.717, 1.165) is 0 Å². The second kappa shape index (κ2) is 10.0. The number of alkyl carbamates (subject to hydrolysis) is 1. The second-order valence-electron chi connectivity index (χ2n) is 4.12. The zero-order valence-electron chi connectivity index (χ0n) is 13.0. The molecule has 0 aliphatic rings. The van der Waals surface area contributed by atoms with E-state index in [9.17, 15) is 14.4 Å². The number of benzene rings is 1. The first-order valence-corrected chi connectivity index (χ1v) is 7.03. The van der Waals surface area contributed by atoms with Crippen molar-refractivity contribution in [2.45, 2.75) is 13.8 Å². The number of esters is 1. The van der Waals surface area contributed by atoms with E-state index in [1.165, 1.54) is 0 Å². The third-order valence-electron chi connectivity index (χ3n) is 2.37. The van der Waals surface area contributed by atoms with Crippen LogP contribution >= 0.6 is 0 Å². The zero-order chi connectivity index (χ0) is 17.1. The van der Waals surface area contributed by atoms with Crippen molar-refractivity contribution in [3.63, 3.8) is 0 Å². The summed E-state index contributed by atoms with van der Waals surface area (Å²) in [5.74, 6) is -0.366. The highest BCUT2D eigenvalue weighted by atomic mass is 16.6. The van der Waals surface area contributed by atoms with Crippen LogP contribution < -0.4 is 14.8 Å². The lowest BCUT2D eigenvalue weighted by molar-refractivity contribution is -0.150. The molecule has 2 amide bonds. The van der Waals surface area contributed by atoms with Gasteiger partial charge in [0.2, 0.25) is 0 Å². The molecule has 1 N–H and O–H groups in total. The highest BCUT2D eigenvalue weighted by Gasteiger charge is 2.11. The van der Waals surface area contributed by atoms with Crippen LogP contribution in [0.1, 0.15) is 13.8 Å². The summed E-state index contributed by atoms with van der Waals surface area (Å²) in [4.78, 5) is 33.6. The SMILES string of the molecule is CCOC(=O)NC(=O)COC(=O)COc1ccc(OCC)cc1. The topological polar surface area (TPSA) is 100 Å². The Morgan fingerprint density at radius 2 is 1.48 bits per heavy atom. The summed E-state index contributed by atoms with van der Waals surface area (Å²) < 4.78 is 19.6. The van der Waals surface area contributed by atoms with Crippen molar-refractivity contribution >= 4 is 18.0 Å². The van der Waals surface area contributed by atoms with Crippen molar-refractivity contribution in [1.29, 1.82) is 0 Å². The molecule has 0 unspecified atom stereocenters. The molecule has 0 aromatic heterocycles. The van der Waals surface area contributed by atoms with Crippen molar-refractivity contribution in [1.82, 2.24) is 5.32 Å². The van der Waals surface area contributed by atoms with Crippen molar-refractivity contribution < 1.29 is 33.3 Å². The minimum absolute atomic E-state index is 0.134. The Morgan fingerprint density at radius 1 is 0.870 bits per heavy atom. The normalized spacial score (nSPS) is 9.65. The zero-order valence-corrected chi connectivity index (χ0v) is 13.0. The summed E-state index contributed by atoms with van der Waals surface area (Å²) in [6, 6.07) is 6.70. The van der Waals surface area contributed by atoms with Gasteiger partial charge in [-0.05, 0) is 38.1 Å². The van der Waals surface area contributed by atoms with Gasteiger partial charge in [-0.25, -0.2) is 9.59 Å². The Bertz CT molecular complexity index is 527. The third kappa shape index (κ3) is 7.70. The lowest BCUT2D eigenvalue weighted by Gasteiger charge is -2.08. The van der Waals surface area contributed by atoms with Crippen molar-refractivity contribution in [3.05, 3.63) is 24.3 Å². The molecule has 1 aromatic carbocycles. The van der Waals surface area contributed by atoms with E-state index >= 15 is 0 Å². The predicted molar refractivity (Wildman–Crippen MR) is 79.2 cm³/mol. The van der Waals surface area contributed by atoms with Crippen molar-refractivity contribution in [2.75, 3.05) is 26.4 Å². The number of imide groups is 1. The fourth-order valence-corrected chi connectivity index (χ4v) is 1.45. The monoisotopic (exact) mass is 325 g/mol. The summed E-state index contributed by atoms with van der Waals surface area (Å²) in [7, 11) is 0. The molecule has 1 rings (SSSR count). The number of nitrogens with one attached hydrogen (secondary N) is 1. The Kier molecular flexibility index (Phi) is 7.98. The highest BCUT2D eigenvalue weighted by Crippen LogP contribution is 2.17. The minimum atomic E-state index is -0.890. The first kappa shape index (κ1) is 18.3. The van der Waals surface area contributed by atoms with Gasteiger partial charge < -0.3 is 18.9 Å². The lowest BCUT2D eigenvalue weighted by atomic mass is 10.3. The van der Waals surface area contributed by atoms with Gasteiger partial charge in [-0.15, -0.1) is 0 Å². The fourth-order valence-electron chi connectivity index (χ4n) is 1.45. The Labute approximate surface area is 133 Å². The minimum Gasteiger partial charge on any atom is -0.494 e. The second-order valence-corrected chi connectivity index (χ2v) is 4.12. The molecule has 1 aromatic rings. The average molecular weight is 325 g/mol. The third-order valence-corrected chi connectivity index (χ3v) is 2.37. The van der Waals surface area contributed by atoms with Gasteiger partial charge >= 0.3 is 12.1 Å². The molecule has 0 aliphatic carbocycles. The van der Waals surface area contributed by atoms with Crippen LogP contribution in [0, 0.1) is 0 Å². The molecule has 0 aliphatic heterocycles. The van der Waals surface area contributed by atoms with Gasteiger partial charge in [-0.2, -0.15) is 0 Å². The van der Waals surface area contributed by atoms with Gasteiger partial charge in [-0.1, -0.05) is 0 Å². The summed E-state index contributed by atoms with van der Waals surface area (Å²) in [6.07, 6.45) is -0.890. The molecule has 0 atom stereocenters. The maximum atomic E-state index is 11.4. The fraction of sp³-hybridized carbons (Fsp3) is 0.400. The quantitative estimate of drug-likeness (QED) is 0.719. The predicted octanol–water partition coefficient (Wildman–Crippen LogP) is 1.28. The van der Waals surface area contributed by atoms with Crippen LogP contribution in [0.2, 0.25) is 0 Å². The van der Waals surface area contributed by atoms with E-state index in [1.807, 2.05) is 12.2 Å². The van der Waals surface area contributed by atoms with E-state index in [2.05, 4.69) is 9.47 Å². The van der Waals surface area contributed by atoms with Crippen LogP contribution in [0.4, 0.5) is 4.79 Å². The van der Waals surface area contributed by atoms with Crippen molar-refractivity contribution in [2.24, 2.45) is 0 Å². The molecule has 0 heterocycles. The Hall–Kier alpha value is -2.77. The molecule has 0 saturated carbocycles. The molecule has 8 heteroatoms. The largest absolute Gasteiger partial charge is 0.494 e. The smallest absolute Gasteiger partial charge is 0.413 e. The van der Waals surface area contributed by atoms with E-state index < -0.39 is 24.6 Å². The van der Waals surface area contributed by atoms with E-state index in [0.29, 0.717) is 18.1 Å². The molecule has 0 radical (unpaired) electrons. The number of carbonyl (C=O) groups is 3. The van der Waals surface area contributed by atoms with Crippen LogP contribution in [0.5, 0.6) is 11.5 Å². The van der Waals surface area contributed by atoms with Crippen LogP contribution in [0.15, 0.2) is 24.3 Å². The van der Waals surface area contributed by atoms with E-state index in [-0.39, 0.29) is 13.2 Å². The highest BCUT2D eigenvalue weighted by molar-refractivity contribution is 5.93. The summed E-state index contributed by atoms with van der Waals surface area (Å²) >= 11 is 0. The Morgan fingerprint density at radius 3 is 2.04 bits per heavy atom. The number of ether oxygens (including phenoxy) is 4. The molecule has 0 fully saturated rings. The first-order chi connectivity index (χ1) is 11.0. The van der Waals surface area contributed by atoms with Gasteiger partial charge in [0.05, 0.1) is 13.2 Å². The summed E-state index contributed by atoms with van der Waals surface area (Å²) in [6.45, 7) is 3.21. The van der Waals surface area contributed by atoms with Crippen LogP contribution in [-0.2, 0) is 19.1 Å². The van der Waals surface area contributed by atoms with Crippen LogP contribution in [0.3, 0.4) is 0 Å². The summed E-state index contributed by atoms with van der Waals surface area (Å²) in [5.41, 5.74) is 0. The molecule has 0 spiro atoms. The number of amides is 2. The average Bonchev–Trinajstić information content (AvgIpc) is 2.52. The molecule has 23 heavy (non-hydrogen) atoms. The molecule has 0 saturated heterocycles. The number of hydrogen-bond donors (Lipinski definition) is 1. The Balaban J connectivity index is 2.26. The maximum Gasteiger partial charge on any atom is 0.413 e. The van der Waals surface area contributed by atoms with Crippen molar-refractivity contribution in [3.8, 4) is 11.5 Å². The maximum absolute atomic E-state index is 11.4. The molecular formula is C15H19NO7. The number of carbonyl (C=O) groups excluding carboxylic acids is 3. The van der Waals surface area contributed by atoms with Gasteiger partial charge in [0.25, 0.3) is 5.91 Å². The molecule has 8 nitrogen and oxygen atoms in total. The molecule has 0 bridgehead atoms.